The van der Waals surface area contributed by atoms with Gasteiger partial charge >= 0.3 is 0 Å². The molecule has 1 aromatic carbocycles. The first kappa shape index (κ1) is 18.6. The van der Waals surface area contributed by atoms with E-state index in [0.717, 1.165) is 22.8 Å². The smallest absolute Gasteiger partial charge is 0.170 e. The van der Waals surface area contributed by atoms with E-state index in [0.29, 0.717) is 11.7 Å². The van der Waals surface area contributed by atoms with E-state index in [4.69, 9.17) is 16.6 Å². The summed E-state index contributed by atoms with van der Waals surface area (Å²) in [5.41, 5.74) is 2.62. The molecular formula is C23H19FN4OS. The summed E-state index contributed by atoms with van der Waals surface area (Å²) < 4.78 is 21.5. The predicted octanol–water partition coefficient (Wildman–Crippen LogP) is 4.78. The molecule has 0 amide bonds. The van der Waals surface area contributed by atoms with Gasteiger partial charge in [0.1, 0.15) is 11.6 Å². The molecule has 150 valence electrons. The van der Waals surface area contributed by atoms with Gasteiger partial charge in [0, 0.05) is 23.8 Å². The molecule has 4 aromatic rings. The standard InChI is InChI=1S/C23H19FN4OS/c24-16-6-3-7-17(14-16)27-12-4-10-20(27)22-21(19-9-1-2-11-25-19)26-23(30)28(22)15-18-8-5-13-29-18/h1-14,21-22H,15H2,(H,26,30)/t21-,22+/m0/s1. The molecule has 30 heavy (non-hydrogen) atoms. The van der Waals surface area contributed by atoms with Crippen molar-refractivity contribution in [2.24, 2.45) is 0 Å². The fourth-order valence-electron chi connectivity index (χ4n) is 3.96. The quantitative estimate of drug-likeness (QED) is 0.473. The van der Waals surface area contributed by atoms with E-state index in [1.807, 2.05) is 59.3 Å². The molecule has 1 saturated heterocycles. The summed E-state index contributed by atoms with van der Waals surface area (Å²) in [7, 11) is 0. The first-order chi connectivity index (χ1) is 14.7. The van der Waals surface area contributed by atoms with Gasteiger partial charge in [-0.25, -0.2) is 4.39 Å². The summed E-state index contributed by atoms with van der Waals surface area (Å²) in [4.78, 5) is 6.66. The Morgan fingerprint density at radius 1 is 1.07 bits per heavy atom. The first-order valence-corrected chi connectivity index (χ1v) is 10.1. The number of hydrogen-bond acceptors (Lipinski definition) is 3. The van der Waals surface area contributed by atoms with E-state index in [2.05, 4.69) is 15.2 Å². The van der Waals surface area contributed by atoms with Crippen molar-refractivity contribution in [1.29, 1.82) is 0 Å². The van der Waals surface area contributed by atoms with Crippen LogP contribution in [0.2, 0.25) is 0 Å². The van der Waals surface area contributed by atoms with Gasteiger partial charge in [-0.3, -0.25) is 4.98 Å². The van der Waals surface area contributed by atoms with E-state index >= 15 is 0 Å². The van der Waals surface area contributed by atoms with Gasteiger partial charge in [-0.2, -0.15) is 0 Å². The van der Waals surface area contributed by atoms with Crippen LogP contribution in [0.4, 0.5) is 4.39 Å². The number of nitrogens with one attached hydrogen (secondary N) is 1. The Balaban J connectivity index is 1.61. The Labute approximate surface area is 178 Å². The normalized spacial score (nSPS) is 18.6. The van der Waals surface area contributed by atoms with Crippen LogP contribution in [0.15, 0.2) is 89.8 Å². The van der Waals surface area contributed by atoms with Crippen molar-refractivity contribution >= 4 is 17.3 Å². The molecule has 0 spiro atoms. The van der Waals surface area contributed by atoms with Crippen molar-refractivity contribution in [2.45, 2.75) is 18.6 Å². The average Bonchev–Trinajstić information content (AvgIpc) is 3.50. The average molecular weight is 418 g/mol. The van der Waals surface area contributed by atoms with Crippen LogP contribution in [0, 0.1) is 5.82 Å². The Bertz CT molecular complexity index is 1160. The van der Waals surface area contributed by atoms with Gasteiger partial charge in [0.2, 0.25) is 0 Å². The molecule has 0 bridgehead atoms. The highest BCUT2D eigenvalue weighted by atomic mass is 32.1. The lowest BCUT2D eigenvalue weighted by Gasteiger charge is -2.28. The molecule has 1 fully saturated rings. The Morgan fingerprint density at radius 2 is 2.00 bits per heavy atom. The molecule has 1 N–H and O–H groups in total. The van der Waals surface area contributed by atoms with Crippen LogP contribution in [-0.2, 0) is 6.54 Å². The van der Waals surface area contributed by atoms with E-state index < -0.39 is 0 Å². The van der Waals surface area contributed by atoms with Gasteiger partial charge in [-0.05, 0) is 66.8 Å². The number of benzene rings is 1. The van der Waals surface area contributed by atoms with Crippen LogP contribution >= 0.6 is 12.2 Å². The molecule has 4 heterocycles. The molecule has 3 aromatic heterocycles. The molecule has 5 nitrogen and oxygen atoms in total. The van der Waals surface area contributed by atoms with Gasteiger partial charge in [0.05, 0.1) is 30.6 Å². The second-order valence-electron chi connectivity index (χ2n) is 7.12. The third-order valence-corrected chi connectivity index (χ3v) is 5.63. The number of aromatic nitrogens is 2. The summed E-state index contributed by atoms with van der Waals surface area (Å²) >= 11 is 5.70. The van der Waals surface area contributed by atoms with Gasteiger partial charge in [0.15, 0.2) is 5.11 Å². The lowest BCUT2D eigenvalue weighted by molar-refractivity contribution is 0.280. The van der Waals surface area contributed by atoms with Crippen LogP contribution in [0.25, 0.3) is 5.69 Å². The molecule has 0 radical (unpaired) electrons. The maximum absolute atomic E-state index is 13.9. The molecule has 1 aliphatic rings. The SMILES string of the molecule is Fc1cccc(-n2cccc2[C@@H]2[C@H](c3ccccn3)NC(=S)N2Cc2ccco2)c1. The maximum atomic E-state index is 13.9. The van der Waals surface area contributed by atoms with Gasteiger partial charge in [-0.15, -0.1) is 0 Å². The van der Waals surface area contributed by atoms with Crippen molar-refractivity contribution in [2.75, 3.05) is 0 Å². The first-order valence-electron chi connectivity index (χ1n) is 9.64. The third kappa shape index (κ3) is 3.37. The Hall–Kier alpha value is -3.45. The summed E-state index contributed by atoms with van der Waals surface area (Å²) in [5, 5.41) is 4.05. The summed E-state index contributed by atoms with van der Waals surface area (Å²) in [5.74, 6) is 0.538. The van der Waals surface area contributed by atoms with Crippen LogP contribution in [0.3, 0.4) is 0 Å². The topological polar surface area (TPSA) is 46.2 Å². The van der Waals surface area contributed by atoms with E-state index in [9.17, 15) is 4.39 Å². The summed E-state index contributed by atoms with van der Waals surface area (Å²) in [6.07, 6.45) is 5.37. The van der Waals surface area contributed by atoms with Crippen molar-refractivity contribution < 1.29 is 8.81 Å². The monoisotopic (exact) mass is 418 g/mol. The lowest BCUT2D eigenvalue weighted by Crippen LogP contribution is -2.29. The van der Waals surface area contributed by atoms with Crippen LogP contribution in [-0.4, -0.2) is 19.6 Å². The fourth-order valence-corrected chi connectivity index (χ4v) is 4.27. The third-order valence-electron chi connectivity index (χ3n) is 5.27. The van der Waals surface area contributed by atoms with E-state index in [1.165, 1.54) is 12.1 Å². The summed E-state index contributed by atoms with van der Waals surface area (Å²) in [6, 6.07) is 19.9. The molecular weight excluding hydrogens is 399 g/mol. The van der Waals surface area contributed by atoms with Crippen molar-refractivity contribution in [3.63, 3.8) is 0 Å². The lowest BCUT2D eigenvalue weighted by atomic mass is 10.0. The minimum Gasteiger partial charge on any atom is -0.467 e. The largest absolute Gasteiger partial charge is 0.467 e. The highest BCUT2D eigenvalue weighted by Crippen LogP contribution is 2.40. The molecule has 0 aliphatic carbocycles. The van der Waals surface area contributed by atoms with Crippen molar-refractivity contribution in [3.05, 3.63) is 108 Å². The number of rotatable bonds is 5. The second-order valence-corrected chi connectivity index (χ2v) is 7.50. The van der Waals surface area contributed by atoms with Gasteiger partial charge in [-0.1, -0.05) is 12.1 Å². The predicted molar refractivity (Wildman–Crippen MR) is 115 cm³/mol. The number of halogens is 1. The second kappa shape index (κ2) is 7.76. The van der Waals surface area contributed by atoms with Crippen LogP contribution < -0.4 is 5.32 Å². The molecule has 1 aliphatic heterocycles. The molecule has 7 heteroatoms. The van der Waals surface area contributed by atoms with E-state index in [1.54, 1.807) is 18.5 Å². The number of furan rings is 1. The van der Waals surface area contributed by atoms with Crippen molar-refractivity contribution in [3.8, 4) is 5.69 Å². The fraction of sp³-hybridized carbons (Fsp3) is 0.130. The summed E-state index contributed by atoms with van der Waals surface area (Å²) in [6.45, 7) is 0.515. The minimum atomic E-state index is -0.277. The maximum Gasteiger partial charge on any atom is 0.170 e. The number of nitrogens with zero attached hydrogens (tertiary/aromatic N) is 3. The Kier molecular flexibility index (Phi) is 4.80. The van der Waals surface area contributed by atoms with Crippen molar-refractivity contribution in [1.82, 2.24) is 19.8 Å². The zero-order chi connectivity index (χ0) is 20.5. The molecule has 0 unspecified atom stereocenters. The van der Waals surface area contributed by atoms with Crippen LogP contribution in [0.1, 0.15) is 29.2 Å². The Morgan fingerprint density at radius 3 is 2.77 bits per heavy atom. The zero-order valence-corrected chi connectivity index (χ0v) is 16.8. The molecule has 2 atom stereocenters. The van der Waals surface area contributed by atoms with E-state index in [-0.39, 0.29) is 17.9 Å². The molecule has 0 saturated carbocycles. The number of hydrogen-bond donors (Lipinski definition) is 1. The highest BCUT2D eigenvalue weighted by Gasteiger charge is 2.41. The number of pyridine rings is 1. The highest BCUT2D eigenvalue weighted by molar-refractivity contribution is 7.80. The zero-order valence-electron chi connectivity index (χ0n) is 16.0. The van der Waals surface area contributed by atoms with Gasteiger partial charge in [0.25, 0.3) is 0 Å². The van der Waals surface area contributed by atoms with Gasteiger partial charge < -0.3 is 19.2 Å². The van der Waals surface area contributed by atoms with Crippen LogP contribution in [0.5, 0.6) is 0 Å². The number of thiocarbonyl (C=S) groups is 1. The molecule has 5 rings (SSSR count). The minimum absolute atomic E-state index is 0.157.